The fourth-order valence-corrected chi connectivity index (χ4v) is 1.67. The number of aldehydes is 1. The van der Waals surface area contributed by atoms with Gasteiger partial charge in [-0.25, -0.2) is 4.79 Å². The number of allylic oxidation sites excluding steroid dienone is 1. The molecule has 0 bridgehead atoms. The van der Waals surface area contributed by atoms with Crippen LogP contribution in [0.3, 0.4) is 0 Å². The molecular formula is C20H20O3. The van der Waals surface area contributed by atoms with Crippen molar-refractivity contribution in [1.29, 1.82) is 0 Å². The molecule has 0 aromatic heterocycles. The molecule has 0 aliphatic carbocycles. The zero-order valence-electron chi connectivity index (χ0n) is 13.3. The molecule has 2 aromatic rings. The number of aryl methyl sites for hydroxylation is 2. The van der Waals surface area contributed by atoms with E-state index < -0.39 is 5.97 Å². The van der Waals surface area contributed by atoms with Gasteiger partial charge in [0.25, 0.3) is 0 Å². The summed E-state index contributed by atoms with van der Waals surface area (Å²) in [6, 6.07) is 15.7. The van der Waals surface area contributed by atoms with Crippen LogP contribution in [-0.2, 0) is 9.59 Å². The Bertz CT molecular complexity index is 678. The molecular weight excluding hydrogens is 288 g/mol. The molecule has 0 atom stereocenters. The second kappa shape index (κ2) is 9.90. The lowest BCUT2D eigenvalue weighted by molar-refractivity contribution is -0.131. The summed E-state index contributed by atoms with van der Waals surface area (Å²) in [6.45, 7) is 4.03. The van der Waals surface area contributed by atoms with Gasteiger partial charge in [-0.15, -0.1) is 0 Å². The van der Waals surface area contributed by atoms with E-state index in [4.69, 9.17) is 5.11 Å². The van der Waals surface area contributed by atoms with E-state index in [9.17, 15) is 9.59 Å². The number of rotatable bonds is 4. The summed E-state index contributed by atoms with van der Waals surface area (Å²) in [5.41, 5.74) is 4.36. The summed E-state index contributed by atoms with van der Waals surface area (Å²) in [6.07, 6.45) is 6.75. The summed E-state index contributed by atoms with van der Waals surface area (Å²) >= 11 is 0. The first kappa shape index (κ1) is 18.1. The number of hydrogen-bond acceptors (Lipinski definition) is 2. The Morgan fingerprint density at radius 1 is 0.826 bits per heavy atom. The lowest BCUT2D eigenvalue weighted by atomic mass is 10.1. The molecule has 0 unspecified atom stereocenters. The molecule has 2 aromatic carbocycles. The van der Waals surface area contributed by atoms with Crippen molar-refractivity contribution in [2.75, 3.05) is 0 Å². The molecule has 0 aliphatic heterocycles. The highest BCUT2D eigenvalue weighted by molar-refractivity contribution is 5.85. The highest BCUT2D eigenvalue weighted by Crippen LogP contribution is 2.05. The number of aliphatic carboxylic acids is 1. The van der Waals surface area contributed by atoms with Crippen molar-refractivity contribution in [3.63, 3.8) is 0 Å². The normalized spacial score (nSPS) is 10.3. The van der Waals surface area contributed by atoms with Gasteiger partial charge >= 0.3 is 5.97 Å². The quantitative estimate of drug-likeness (QED) is 0.677. The van der Waals surface area contributed by atoms with E-state index in [1.165, 1.54) is 17.2 Å². The summed E-state index contributed by atoms with van der Waals surface area (Å²) < 4.78 is 0. The van der Waals surface area contributed by atoms with Gasteiger partial charge in [0.15, 0.2) is 0 Å². The average Bonchev–Trinajstić information content (AvgIpc) is 2.54. The third-order valence-corrected chi connectivity index (χ3v) is 2.94. The first-order chi connectivity index (χ1) is 11.0. The van der Waals surface area contributed by atoms with Crippen molar-refractivity contribution in [3.05, 3.63) is 82.9 Å². The minimum Gasteiger partial charge on any atom is -0.478 e. The lowest BCUT2D eigenvalue weighted by Crippen LogP contribution is -1.85. The van der Waals surface area contributed by atoms with E-state index in [-0.39, 0.29) is 0 Å². The van der Waals surface area contributed by atoms with Crippen molar-refractivity contribution in [3.8, 4) is 0 Å². The molecule has 0 amide bonds. The molecule has 1 N–H and O–H groups in total. The molecule has 0 saturated carbocycles. The smallest absolute Gasteiger partial charge is 0.328 e. The monoisotopic (exact) mass is 308 g/mol. The lowest BCUT2D eigenvalue weighted by Gasteiger charge is -1.92. The first-order valence-corrected chi connectivity index (χ1v) is 7.17. The summed E-state index contributed by atoms with van der Waals surface area (Å²) in [5.74, 6) is -0.921. The average molecular weight is 308 g/mol. The van der Waals surface area contributed by atoms with Crippen LogP contribution in [0.2, 0.25) is 0 Å². The Balaban J connectivity index is 0.000000231. The van der Waals surface area contributed by atoms with E-state index in [0.717, 1.165) is 23.5 Å². The molecule has 23 heavy (non-hydrogen) atoms. The minimum atomic E-state index is -0.921. The highest BCUT2D eigenvalue weighted by Gasteiger charge is 1.88. The topological polar surface area (TPSA) is 54.4 Å². The fourth-order valence-electron chi connectivity index (χ4n) is 1.67. The van der Waals surface area contributed by atoms with Crippen LogP contribution in [0.25, 0.3) is 12.2 Å². The Kier molecular flexibility index (Phi) is 7.79. The van der Waals surface area contributed by atoms with Crippen LogP contribution < -0.4 is 0 Å². The summed E-state index contributed by atoms with van der Waals surface area (Å²) in [4.78, 5) is 20.1. The third kappa shape index (κ3) is 8.17. The fraction of sp³-hybridized carbons (Fsp3) is 0.100. The predicted octanol–water partition coefficient (Wildman–Crippen LogP) is 4.30. The van der Waals surface area contributed by atoms with Gasteiger partial charge in [-0.3, -0.25) is 4.79 Å². The van der Waals surface area contributed by atoms with Crippen LogP contribution in [0.15, 0.2) is 60.7 Å². The SMILES string of the molecule is Cc1ccc(/C=C/C(=O)O)cc1.Cc1ccc(/C=C/C=O)cc1. The predicted molar refractivity (Wildman–Crippen MR) is 94.1 cm³/mol. The molecule has 0 fully saturated rings. The standard InChI is InChI=1S/C10H10O2.C10H10O/c1-8-2-4-9(5-3-8)6-7-10(11)12;1-9-4-6-10(7-5-9)3-2-8-11/h2-7H,1H3,(H,11,12);2-8H,1H3/b7-6+;3-2+. The maximum atomic E-state index is 10.2. The Labute approximate surface area is 136 Å². The van der Waals surface area contributed by atoms with Gasteiger partial charge in [-0.05, 0) is 37.1 Å². The van der Waals surface area contributed by atoms with Gasteiger partial charge in [0, 0.05) is 6.08 Å². The van der Waals surface area contributed by atoms with Gasteiger partial charge in [-0.1, -0.05) is 65.7 Å². The molecule has 0 saturated heterocycles. The van der Waals surface area contributed by atoms with E-state index in [1.54, 1.807) is 12.2 Å². The zero-order valence-corrected chi connectivity index (χ0v) is 13.3. The van der Waals surface area contributed by atoms with Crippen molar-refractivity contribution < 1.29 is 14.7 Å². The number of carbonyl (C=O) groups excluding carboxylic acids is 1. The minimum absolute atomic E-state index is 0.778. The van der Waals surface area contributed by atoms with Crippen molar-refractivity contribution in [2.24, 2.45) is 0 Å². The maximum absolute atomic E-state index is 10.2. The number of hydrogen-bond donors (Lipinski definition) is 1. The van der Waals surface area contributed by atoms with E-state index in [1.807, 2.05) is 62.4 Å². The largest absolute Gasteiger partial charge is 0.478 e. The molecule has 0 spiro atoms. The van der Waals surface area contributed by atoms with Crippen LogP contribution in [0.5, 0.6) is 0 Å². The van der Waals surface area contributed by atoms with E-state index in [2.05, 4.69) is 0 Å². The molecule has 3 heteroatoms. The molecule has 0 heterocycles. The van der Waals surface area contributed by atoms with Crippen molar-refractivity contribution >= 4 is 24.4 Å². The van der Waals surface area contributed by atoms with Crippen LogP contribution in [0, 0.1) is 13.8 Å². The van der Waals surface area contributed by atoms with Gasteiger partial charge in [0.2, 0.25) is 0 Å². The Morgan fingerprint density at radius 3 is 1.65 bits per heavy atom. The maximum Gasteiger partial charge on any atom is 0.328 e. The molecule has 118 valence electrons. The first-order valence-electron chi connectivity index (χ1n) is 7.17. The third-order valence-electron chi connectivity index (χ3n) is 2.94. The second-order valence-corrected chi connectivity index (χ2v) is 4.99. The second-order valence-electron chi connectivity index (χ2n) is 4.99. The summed E-state index contributed by atoms with van der Waals surface area (Å²) in [7, 11) is 0. The zero-order chi connectivity index (χ0) is 17.1. The van der Waals surface area contributed by atoms with Gasteiger partial charge in [0.05, 0.1) is 0 Å². The number of benzene rings is 2. The molecule has 0 radical (unpaired) electrons. The number of carboxylic acid groups (broad SMARTS) is 1. The Hall–Kier alpha value is -2.94. The van der Waals surface area contributed by atoms with Gasteiger partial charge < -0.3 is 5.11 Å². The van der Waals surface area contributed by atoms with Crippen LogP contribution >= 0.6 is 0 Å². The number of carboxylic acids is 1. The van der Waals surface area contributed by atoms with E-state index >= 15 is 0 Å². The summed E-state index contributed by atoms with van der Waals surface area (Å²) in [5, 5.41) is 8.34. The van der Waals surface area contributed by atoms with Crippen LogP contribution in [-0.4, -0.2) is 17.4 Å². The molecule has 0 aliphatic rings. The van der Waals surface area contributed by atoms with Gasteiger partial charge in [0.1, 0.15) is 6.29 Å². The van der Waals surface area contributed by atoms with Gasteiger partial charge in [-0.2, -0.15) is 0 Å². The molecule has 2 rings (SSSR count). The van der Waals surface area contributed by atoms with E-state index in [0.29, 0.717) is 0 Å². The van der Waals surface area contributed by atoms with Crippen molar-refractivity contribution in [1.82, 2.24) is 0 Å². The van der Waals surface area contributed by atoms with Crippen LogP contribution in [0.1, 0.15) is 22.3 Å². The highest BCUT2D eigenvalue weighted by atomic mass is 16.4. The van der Waals surface area contributed by atoms with Crippen LogP contribution in [0.4, 0.5) is 0 Å². The molecule has 3 nitrogen and oxygen atoms in total. The van der Waals surface area contributed by atoms with Crippen molar-refractivity contribution in [2.45, 2.75) is 13.8 Å². The number of carbonyl (C=O) groups is 2. The Morgan fingerprint density at radius 2 is 1.26 bits per heavy atom.